The second kappa shape index (κ2) is 5.14. The molecule has 4 rings (SSSR count). The number of nitrogens with zero attached hydrogens (tertiary/aromatic N) is 3. The molecule has 1 amide bonds. The fraction of sp³-hybridized carbons (Fsp3) is 0.176. The molecule has 3 heterocycles. The topological polar surface area (TPSA) is 37.6 Å². The van der Waals surface area contributed by atoms with Crippen LogP contribution >= 0.6 is 11.6 Å². The zero-order valence-electron chi connectivity index (χ0n) is 11.8. The van der Waals surface area contributed by atoms with E-state index in [1.165, 1.54) is 5.56 Å². The summed E-state index contributed by atoms with van der Waals surface area (Å²) in [6.45, 7) is 0.771. The van der Waals surface area contributed by atoms with E-state index in [1.54, 1.807) is 22.9 Å². The van der Waals surface area contributed by atoms with Gasteiger partial charge in [-0.25, -0.2) is 4.98 Å². The quantitative estimate of drug-likeness (QED) is 0.725. The Morgan fingerprint density at radius 1 is 1.14 bits per heavy atom. The Bertz CT molecular complexity index is 843. The maximum absolute atomic E-state index is 12.7. The molecule has 0 aliphatic carbocycles. The van der Waals surface area contributed by atoms with Gasteiger partial charge in [-0.3, -0.25) is 4.79 Å². The van der Waals surface area contributed by atoms with E-state index in [2.05, 4.69) is 17.1 Å². The lowest BCUT2D eigenvalue weighted by Crippen LogP contribution is -2.45. The van der Waals surface area contributed by atoms with E-state index in [4.69, 9.17) is 11.6 Å². The van der Waals surface area contributed by atoms with Gasteiger partial charge in [-0.1, -0.05) is 41.9 Å². The Hall–Kier alpha value is -2.33. The molecule has 0 bridgehead atoms. The van der Waals surface area contributed by atoms with E-state index in [1.807, 2.05) is 29.2 Å². The summed E-state index contributed by atoms with van der Waals surface area (Å²) in [5, 5.41) is 0.620. The number of carbonyl (C=O) groups excluding carboxylic acids is 1. The molecule has 0 unspecified atom stereocenters. The second-order valence-corrected chi connectivity index (χ2v) is 5.89. The molecule has 1 fully saturated rings. The highest BCUT2D eigenvalue weighted by Gasteiger charge is 2.34. The molecule has 0 spiro atoms. The van der Waals surface area contributed by atoms with Gasteiger partial charge in [0.15, 0.2) is 0 Å². The summed E-state index contributed by atoms with van der Waals surface area (Å²) < 4.78 is 1.78. The molecule has 5 heteroatoms. The maximum atomic E-state index is 12.7. The number of rotatable bonds is 2. The lowest BCUT2D eigenvalue weighted by atomic mass is 9.94. The van der Waals surface area contributed by atoms with Crippen molar-refractivity contribution in [3.8, 4) is 0 Å². The van der Waals surface area contributed by atoms with Crippen LogP contribution in [-0.2, 0) is 0 Å². The first kappa shape index (κ1) is 13.3. The minimum absolute atomic E-state index is 0.0278. The number of likely N-dealkylation sites (tertiary alicyclic amines) is 1. The molecule has 3 aromatic rings. The summed E-state index contributed by atoms with van der Waals surface area (Å²) in [6, 6.07) is 13.9. The van der Waals surface area contributed by atoms with Crippen LogP contribution in [-0.4, -0.2) is 26.7 Å². The molecule has 1 aliphatic heterocycles. The number of halogens is 1. The highest BCUT2D eigenvalue weighted by atomic mass is 35.5. The molecule has 4 nitrogen and oxygen atoms in total. The fourth-order valence-corrected chi connectivity index (χ4v) is 3.04. The fourth-order valence-electron chi connectivity index (χ4n) is 2.87. The minimum Gasteiger partial charge on any atom is -0.330 e. The van der Waals surface area contributed by atoms with Gasteiger partial charge in [-0.15, -0.1) is 0 Å². The van der Waals surface area contributed by atoms with Crippen LogP contribution in [0.4, 0.5) is 0 Å². The molecule has 1 aromatic carbocycles. The second-order valence-electron chi connectivity index (χ2n) is 5.45. The molecule has 1 atom stereocenters. The summed E-state index contributed by atoms with van der Waals surface area (Å²) in [6.07, 6.45) is 4.49. The number of pyridine rings is 1. The van der Waals surface area contributed by atoms with E-state index in [-0.39, 0.29) is 11.9 Å². The summed E-state index contributed by atoms with van der Waals surface area (Å²) in [5.74, 6) is -0.0278. The number of hydrogen-bond acceptors (Lipinski definition) is 2. The molecule has 110 valence electrons. The van der Waals surface area contributed by atoms with Gasteiger partial charge in [-0.05, 0) is 24.1 Å². The standard InChI is InChI=1S/C17H14ClN3O/c18-13-6-7-16-19-14(11-20(16)10-13)17(22)21-9-8-15(21)12-4-2-1-3-5-12/h1-7,10-11,15H,8-9H2/t15-/m0/s1. The van der Waals surface area contributed by atoms with Crippen molar-refractivity contribution in [2.45, 2.75) is 12.5 Å². The molecule has 1 aliphatic rings. The third-order valence-electron chi connectivity index (χ3n) is 4.10. The molecule has 22 heavy (non-hydrogen) atoms. The number of fused-ring (bicyclic) bond motifs is 1. The van der Waals surface area contributed by atoms with Gasteiger partial charge in [0.2, 0.25) is 0 Å². The Morgan fingerprint density at radius 3 is 2.68 bits per heavy atom. The molecule has 0 N–H and O–H groups in total. The van der Waals surface area contributed by atoms with Crippen molar-refractivity contribution in [1.82, 2.24) is 14.3 Å². The lowest BCUT2D eigenvalue weighted by molar-refractivity contribution is 0.0455. The van der Waals surface area contributed by atoms with Crippen LogP contribution in [0.2, 0.25) is 5.02 Å². The first-order chi connectivity index (χ1) is 10.7. The first-order valence-electron chi connectivity index (χ1n) is 7.22. The molecule has 0 radical (unpaired) electrons. The van der Waals surface area contributed by atoms with Crippen molar-refractivity contribution in [3.05, 3.63) is 71.1 Å². The molecule has 0 saturated carbocycles. The van der Waals surface area contributed by atoms with Crippen LogP contribution in [0, 0.1) is 0 Å². The summed E-state index contributed by atoms with van der Waals surface area (Å²) in [4.78, 5) is 19.0. The van der Waals surface area contributed by atoms with Gasteiger partial charge >= 0.3 is 0 Å². The number of amides is 1. The van der Waals surface area contributed by atoms with Crippen LogP contribution in [0.25, 0.3) is 5.65 Å². The average molecular weight is 312 g/mol. The summed E-state index contributed by atoms with van der Waals surface area (Å²) >= 11 is 5.97. The van der Waals surface area contributed by atoms with Gasteiger partial charge in [0.1, 0.15) is 11.3 Å². The zero-order valence-corrected chi connectivity index (χ0v) is 12.6. The number of aromatic nitrogens is 2. The van der Waals surface area contributed by atoms with Crippen LogP contribution in [0.5, 0.6) is 0 Å². The van der Waals surface area contributed by atoms with Crippen molar-refractivity contribution in [1.29, 1.82) is 0 Å². The van der Waals surface area contributed by atoms with Crippen molar-refractivity contribution < 1.29 is 4.79 Å². The van der Waals surface area contributed by atoms with Gasteiger partial charge in [0.05, 0.1) is 11.1 Å². The molecular formula is C17H14ClN3O. The first-order valence-corrected chi connectivity index (χ1v) is 7.60. The van der Waals surface area contributed by atoms with Crippen molar-refractivity contribution >= 4 is 23.2 Å². The Labute approximate surface area is 133 Å². The van der Waals surface area contributed by atoms with Crippen molar-refractivity contribution in [3.63, 3.8) is 0 Å². The van der Waals surface area contributed by atoms with E-state index >= 15 is 0 Å². The van der Waals surface area contributed by atoms with Crippen LogP contribution in [0.15, 0.2) is 54.9 Å². The van der Waals surface area contributed by atoms with Gasteiger partial charge in [0, 0.05) is 18.9 Å². The van der Waals surface area contributed by atoms with Gasteiger partial charge in [0.25, 0.3) is 5.91 Å². The van der Waals surface area contributed by atoms with E-state index < -0.39 is 0 Å². The number of benzene rings is 1. The molecular weight excluding hydrogens is 298 g/mol. The largest absolute Gasteiger partial charge is 0.330 e. The van der Waals surface area contributed by atoms with Crippen molar-refractivity contribution in [2.75, 3.05) is 6.54 Å². The summed E-state index contributed by atoms with van der Waals surface area (Å²) in [5.41, 5.74) is 2.36. The summed E-state index contributed by atoms with van der Waals surface area (Å²) in [7, 11) is 0. The lowest BCUT2D eigenvalue weighted by Gasteiger charge is -2.41. The monoisotopic (exact) mass is 311 g/mol. The third-order valence-corrected chi connectivity index (χ3v) is 4.32. The Kier molecular flexibility index (Phi) is 3.12. The van der Waals surface area contributed by atoms with Crippen LogP contribution < -0.4 is 0 Å². The maximum Gasteiger partial charge on any atom is 0.274 e. The highest BCUT2D eigenvalue weighted by Crippen LogP contribution is 2.34. The predicted octanol–water partition coefficient (Wildman–Crippen LogP) is 3.57. The smallest absolute Gasteiger partial charge is 0.274 e. The number of hydrogen-bond donors (Lipinski definition) is 0. The Morgan fingerprint density at radius 2 is 1.95 bits per heavy atom. The van der Waals surface area contributed by atoms with Gasteiger partial charge in [-0.2, -0.15) is 0 Å². The third kappa shape index (κ3) is 2.16. The number of imidazole rings is 1. The molecule has 2 aromatic heterocycles. The van der Waals surface area contributed by atoms with Gasteiger partial charge < -0.3 is 9.30 Å². The van der Waals surface area contributed by atoms with Crippen molar-refractivity contribution in [2.24, 2.45) is 0 Å². The molecule has 1 saturated heterocycles. The number of carbonyl (C=O) groups is 1. The van der Waals surface area contributed by atoms with E-state index in [9.17, 15) is 4.79 Å². The zero-order chi connectivity index (χ0) is 15.1. The minimum atomic E-state index is -0.0278. The van der Waals surface area contributed by atoms with E-state index in [0.29, 0.717) is 10.7 Å². The van der Waals surface area contributed by atoms with Crippen LogP contribution in [0.1, 0.15) is 28.5 Å². The van der Waals surface area contributed by atoms with E-state index in [0.717, 1.165) is 18.6 Å². The predicted molar refractivity (Wildman–Crippen MR) is 85.0 cm³/mol. The van der Waals surface area contributed by atoms with Crippen LogP contribution in [0.3, 0.4) is 0 Å². The SMILES string of the molecule is O=C(c1cn2cc(Cl)ccc2n1)N1CC[C@H]1c1ccccc1. The average Bonchev–Trinajstić information content (AvgIpc) is 2.90. The highest BCUT2D eigenvalue weighted by molar-refractivity contribution is 6.30. The normalized spacial score (nSPS) is 17.5. The Balaban J connectivity index is 1.63.